The van der Waals surface area contributed by atoms with Crippen LogP contribution in [0.2, 0.25) is 0 Å². The lowest BCUT2D eigenvalue weighted by atomic mass is 10.3. The maximum atomic E-state index is 12.4. The summed E-state index contributed by atoms with van der Waals surface area (Å²) < 4.78 is 69.0. The highest BCUT2D eigenvalue weighted by Crippen LogP contribution is 2.36. The van der Waals surface area contributed by atoms with Gasteiger partial charge in [0.05, 0.1) is 0 Å². The van der Waals surface area contributed by atoms with Crippen LogP contribution in [0.3, 0.4) is 0 Å². The van der Waals surface area contributed by atoms with Crippen LogP contribution in [0.1, 0.15) is 0 Å². The minimum Gasteiger partial charge on any atom is -0.490 e. The van der Waals surface area contributed by atoms with Gasteiger partial charge < -0.3 is 9.47 Å². The third-order valence-corrected chi connectivity index (χ3v) is 1.94. The van der Waals surface area contributed by atoms with Crippen molar-refractivity contribution in [2.45, 2.75) is 12.1 Å². The topological polar surface area (TPSA) is 35.5 Å². The molecule has 0 heterocycles. The first-order chi connectivity index (χ1) is 8.75. The smallest absolute Gasteiger partial charge is 0.465 e. The molecular weight excluding hydrogens is 275 g/mol. The summed E-state index contributed by atoms with van der Waals surface area (Å²) in [7, 11) is 0. The number of esters is 1. The van der Waals surface area contributed by atoms with E-state index in [1.807, 2.05) is 0 Å². The molecule has 1 rings (SSSR count). The van der Waals surface area contributed by atoms with Crippen LogP contribution in [0.15, 0.2) is 30.3 Å². The van der Waals surface area contributed by atoms with Crippen molar-refractivity contribution in [2.75, 3.05) is 13.2 Å². The molecular formula is C11H9F5O3. The average molecular weight is 284 g/mol. The highest BCUT2D eigenvalue weighted by Gasteiger charge is 2.64. The molecule has 106 valence electrons. The van der Waals surface area contributed by atoms with E-state index in [0.29, 0.717) is 5.75 Å². The maximum absolute atomic E-state index is 12.4. The first-order valence-corrected chi connectivity index (χ1v) is 5.05. The van der Waals surface area contributed by atoms with Crippen LogP contribution in [0.25, 0.3) is 0 Å². The normalized spacial score (nSPS) is 12.1. The van der Waals surface area contributed by atoms with E-state index in [4.69, 9.17) is 4.74 Å². The fraction of sp³-hybridized carbons (Fsp3) is 0.364. The lowest BCUT2D eigenvalue weighted by molar-refractivity contribution is -0.280. The van der Waals surface area contributed by atoms with Crippen molar-refractivity contribution in [2.24, 2.45) is 0 Å². The number of hydrogen-bond donors (Lipinski definition) is 0. The van der Waals surface area contributed by atoms with Crippen LogP contribution in [-0.2, 0) is 9.53 Å². The summed E-state index contributed by atoms with van der Waals surface area (Å²) in [5, 5.41) is 0. The van der Waals surface area contributed by atoms with Crippen molar-refractivity contribution in [1.29, 1.82) is 0 Å². The molecule has 0 fully saturated rings. The number of carbonyl (C=O) groups excluding carboxylic acids is 1. The third-order valence-electron chi connectivity index (χ3n) is 1.94. The van der Waals surface area contributed by atoms with Gasteiger partial charge in [-0.1, -0.05) is 18.2 Å². The van der Waals surface area contributed by atoms with Crippen LogP contribution < -0.4 is 4.74 Å². The lowest BCUT2D eigenvalue weighted by Crippen LogP contribution is -2.45. The van der Waals surface area contributed by atoms with Gasteiger partial charge in [-0.3, -0.25) is 0 Å². The molecule has 1 aromatic rings. The van der Waals surface area contributed by atoms with Crippen LogP contribution in [0.4, 0.5) is 22.0 Å². The van der Waals surface area contributed by atoms with Crippen LogP contribution in [-0.4, -0.2) is 31.3 Å². The molecule has 0 amide bonds. The van der Waals surface area contributed by atoms with E-state index in [2.05, 4.69) is 4.74 Å². The number of ether oxygens (including phenoxy) is 2. The van der Waals surface area contributed by atoms with Gasteiger partial charge in [0, 0.05) is 0 Å². The number of para-hydroxylation sites is 1. The quantitative estimate of drug-likeness (QED) is 0.474. The van der Waals surface area contributed by atoms with Crippen LogP contribution in [0.5, 0.6) is 5.75 Å². The molecule has 0 radical (unpaired) electrons. The average Bonchev–Trinajstić information content (AvgIpc) is 2.34. The number of hydrogen-bond acceptors (Lipinski definition) is 3. The van der Waals surface area contributed by atoms with E-state index in [-0.39, 0.29) is 6.61 Å². The maximum Gasteiger partial charge on any atom is 0.465 e. The second-order valence-electron chi connectivity index (χ2n) is 3.37. The van der Waals surface area contributed by atoms with Gasteiger partial charge in [0.15, 0.2) is 0 Å². The Hall–Kier alpha value is -1.86. The Balaban J connectivity index is 2.36. The summed E-state index contributed by atoms with van der Waals surface area (Å²) in [6, 6.07) is 8.08. The molecule has 0 bridgehead atoms. The van der Waals surface area contributed by atoms with Gasteiger partial charge in [-0.15, -0.1) is 0 Å². The van der Waals surface area contributed by atoms with E-state index in [1.54, 1.807) is 30.3 Å². The van der Waals surface area contributed by atoms with Crippen molar-refractivity contribution < 1.29 is 36.2 Å². The Morgan fingerprint density at radius 1 is 1.00 bits per heavy atom. The van der Waals surface area contributed by atoms with E-state index in [9.17, 15) is 26.7 Å². The summed E-state index contributed by atoms with van der Waals surface area (Å²) >= 11 is 0. The highest BCUT2D eigenvalue weighted by atomic mass is 19.4. The molecule has 3 nitrogen and oxygen atoms in total. The summed E-state index contributed by atoms with van der Waals surface area (Å²) in [6.45, 7) is -1.04. The van der Waals surface area contributed by atoms with Crippen LogP contribution >= 0.6 is 0 Å². The first-order valence-electron chi connectivity index (χ1n) is 5.05. The molecule has 0 aliphatic carbocycles. The van der Waals surface area contributed by atoms with Crippen molar-refractivity contribution in [1.82, 2.24) is 0 Å². The predicted molar refractivity (Wildman–Crippen MR) is 53.9 cm³/mol. The molecule has 1 aromatic carbocycles. The largest absolute Gasteiger partial charge is 0.490 e. The van der Waals surface area contributed by atoms with Gasteiger partial charge in [0.25, 0.3) is 0 Å². The third kappa shape index (κ3) is 4.08. The van der Waals surface area contributed by atoms with Gasteiger partial charge in [0.1, 0.15) is 19.0 Å². The highest BCUT2D eigenvalue weighted by molar-refractivity contribution is 5.78. The Bertz CT molecular complexity index is 416. The molecule has 0 atom stereocenters. The predicted octanol–water partition coefficient (Wildman–Crippen LogP) is 2.81. The lowest BCUT2D eigenvalue weighted by Gasteiger charge is -2.17. The Morgan fingerprint density at radius 2 is 1.58 bits per heavy atom. The van der Waals surface area contributed by atoms with E-state index in [0.717, 1.165) is 0 Å². The second-order valence-corrected chi connectivity index (χ2v) is 3.37. The molecule has 0 N–H and O–H groups in total. The van der Waals surface area contributed by atoms with Crippen molar-refractivity contribution in [3.8, 4) is 5.75 Å². The number of rotatable bonds is 5. The fourth-order valence-electron chi connectivity index (χ4n) is 1.02. The van der Waals surface area contributed by atoms with E-state index >= 15 is 0 Å². The number of benzene rings is 1. The summed E-state index contributed by atoms with van der Waals surface area (Å²) in [4.78, 5) is 10.6. The number of carbonyl (C=O) groups is 1. The minimum atomic E-state index is -5.97. The molecule has 0 aliphatic rings. The van der Waals surface area contributed by atoms with Gasteiger partial charge in [-0.2, -0.15) is 22.0 Å². The molecule has 0 unspecified atom stereocenters. The van der Waals surface area contributed by atoms with Gasteiger partial charge in [-0.05, 0) is 12.1 Å². The molecule has 0 spiro atoms. The zero-order valence-corrected chi connectivity index (χ0v) is 9.42. The van der Waals surface area contributed by atoms with Gasteiger partial charge in [0.2, 0.25) is 0 Å². The van der Waals surface area contributed by atoms with Gasteiger partial charge >= 0.3 is 18.1 Å². The fourth-order valence-corrected chi connectivity index (χ4v) is 1.02. The second kappa shape index (κ2) is 5.85. The Morgan fingerprint density at radius 3 is 2.11 bits per heavy atom. The van der Waals surface area contributed by atoms with Crippen molar-refractivity contribution >= 4 is 5.97 Å². The number of halogens is 5. The molecule has 8 heteroatoms. The standard InChI is InChI=1S/C11H9F5O3/c12-10(13,11(14,15)16)9(17)19-7-6-18-8-4-2-1-3-5-8/h1-5H,6-7H2. The Kier molecular flexibility index (Phi) is 4.68. The van der Waals surface area contributed by atoms with E-state index < -0.39 is 24.7 Å². The zero-order chi connectivity index (χ0) is 14.5. The monoisotopic (exact) mass is 284 g/mol. The van der Waals surface area contributed by atoms with Crippen LogP contribution in [0, 0.1) is 0 Å². The van der Waals surface area contributed by atoms with Gasteiger partial charge in [-0.25, -0.2) is 4.79 Å². The van der Waals surface area contributed by atoms with E-state index in [1.165, 1.54) is 0 Å². The minimum absolute atomic E-state index is 0.330. The molecule has 0 saturated carbocycles. The van der Waals surface area contributed by atoms with Crippen molar-refractivity contribution in [3.05, 3.63) is 30.3 Å². The summed E-state index contributed by atoms with van der Waals surface area (Å²) in [5.41, 5.74) is 0. The first kappa shape index (κ1) is 15.2. The molecule has 0 aliphatic heterocycles. The SMILES string of the molecule is O=C(OCCOc1ccccc1)C(F)(F)C(F)(F)F. The Labute approximate surface area is 104 Å². The summed E-state index contributed by atoms with van der Waals surface area (Å²) in [6.07, 6.45) is -5.97. The summed E-state index contributed by atoms with van der Waals surface area (Å²) in [5.74, 6) is -7.78. The zero-order valence-electron chi connectivity index (χ0n) is 9.42. The van der Waals surface area contributed by atoms with Crippen molar-refractivity contribution in [3.63, 3.8) is 0 Å². The molecule has 19 heavy (non-hydrogen) atoms. The molecule has 0 aromatic heterocycles. The number of alkyl halides is 5. The molecule has 0 saturated heterocycles.